The second kappa shape index (κ2) is 27.1. The molecule has 0 saturated heterocycles. The zero-order chi connectivity index (χ0) is 28.4. The highest BCUT2D eigenvalue weighted by molar-refractivity contribution is 5.19. The SMILES string of the molecule is CC.CC(C)C(C)c1ccccc1.CC(C)Cc1ccccc1.CC(C)c1ccccc1.CF.CF. The number of benzene rings is 3. The van der Waals surface area contributed by atoms with Gasteiger partial charge in [-0.2, -0.15) is 0 Å². The first kappa shape index (κ1) is 38.1. The molecule has 2 heteroatoms. The number of hydrogen-bond donors (Lipinski definition) is 0. The van der Waals surface area contributed by atoms with Gasteiger partial charge in [-0.05, 0) is 46.8 Å². The summed E-state index contributed by atoms with van der Waals surface area (Å²) < 4.78 is 19.0. The Balaban J connectivity index is -0.000000411. The number of halogens is 2. The number of hydrogen-bond acceptors (Lipinski definition) is 0. The normalized spacial score (nSPS) is 10.0. The lowest BCUT2D eigenvalue weighted by Gasteiger charge is -2.15. The summed E-state index contributed by atoms with van der Waals surface area (Å²) in [5.41, 5.74) is 4.30. The maximum Gasteiger partial charge on any atom is 0.0785 e. The van der Waals surface area contributed by atoms with E-state index in [0.29, 0.717) is 26.2 Å². The summed E-state index contributed by atoms with van der Waals surface area (Å²) in [6.45, 7) is 19.7. The molecule has 0 aliphatic heterocycles. The molecule has 0 radical (unpaired) electrons. The highest BCUT2D eigenvalue weighted by Crippen LogP contribution is 2.22. The van der Waals surface area contributed by atoms with Crippen molar-refractivity contribution in [3.63, 3.8) is 0 Å². The molecule has 0 nitrogen and oxygen atoms in total. The average molecular weight is 501 g/mol. The van der Waals surface area contributed by atoms with Crippen LogP contribution in [-0.4, -0.2) is 14.4 Å². The lowest BCUT2D eigenvalue weighted by molar-refractivity contribution is 0.535. The maximum absolute atomic E-state index is 9.50. The van der Waals surface area contributed by atoms with Crippen LogP contribution < -0.4 is 0 Å². The minimum atomic E-state index is 0.500. The van der Waals surface area contributed by atoms with Crippen molar-refractivity contribution in [3.05, 3.63) is 108 Å². The van der Waals surface area contributed by atoms with Crippen molar-refractivity contribution in [2.24, 2.45) is 11.8 Å². The summed E-state index contributed by atoms with van der Waals surface area (Å²) in [4.78, 5) is 0. The maximum atomic E-state index is 9.50. The second-order valence-corrected chi connectivity index (χ2v) is 9.09. The monoisotopic (exact) mass is 500 g/mol. The number of alkyl halides is 2. The van der Waals surface area contributed by atoms with Gasteiger partial charge in [0, 0.05) is 0 Å². The molecule has 0 aliphatic carbocycles. The molecule has 0 saturated carbocycles. The molecule has 0 aliphatic rings. The standard InChI is InChI=1S/C11H16.C10H14.C9H12.C2H6.2CH3F/c1-9(2)10(3)11-7-5-4-6-8-11;1-9(2)8-10-6-4-3-5-7-10;1-8(2)9-6-4-3-5-7-9;3*1-2/h4-10H,1-3H3;3-7,9H,8H2,1-2H3;3-8H,1-2H3;1-2H3;2*1H3. The van der Waals surface area contributed by atoms with Gasteiger partial charge in [-0.1, -0.05) is 153 Å². The molecule has 3 aromatic rings. The highest BCUT2D eigenvalue weighted by atomic mass is 19.1. The molecule has 3 aromatic carbocycles. The van der Waals surface area contributed by atoms with Gasteiger partial charge in [0.25, 0.3) is 0 Å². The fourth-order valence-corrected chi connectivity index (χ4v) is 3.06. The van der Waals surface area contributed by atoms with Crippen molar-refractivity contribution >= 4 is 0 Å². The molecular formula is C34H54F2. The Hall–Kier alpha value is -2.48. The molecule has 1 unspecified atom stereocenters. The Morgan fingerprint density at radius 3 is 1.11 bits per heavy atom. The predicted octanol–water partition coefficient (Wildman–Crippen LogP) is 11.3. The summed E-state index contributed by atoms with van der Waals surface area (Å²) >= 11 is 0. The van der Waals surface area contributed by atoms with Crippen molar-refractivity contribution in [2.45, 2.75) is 80.6 Å². The molecule has 36 heavy (non-hydrogen) atoms. The second-order valence-electron chi connectivity index (χ2n) is 9.09. The predicted molar refractivity (Wildman–Crippen MR) is 161 cm³/mol. The summed E-state index contributed by atoms with van der Waals surface area (Å²) in [5.74, 6) is 2.84. The Kier molecular flexibility index (Phi) is 28.7. The number of rotatable bonds is 5. The Morgan fingerprint density at radius 1 is 0.500 bits per heavy atom. The molecule has 204 valence electrons. The summed E-state index contributed by atoms with van der Waals surface area (Å²) in [5, 5.41) is 0. The van der Waals surface area contributed by atoms with Gasteiger partial charge in [0.05, 0.1) is 14.4 Å². The van der Waals surface area contributed by atoms with Crippen LogP contribution in [0.3, 0.4) is 0 Å². The van der Waals surface area contributed by atoms with Crippen molar-refractivity contribution in [3.8, 4) is 0 Å². The quantitative estimate of drug-likeness (QED) is 0.327. The molecule has 0 amide bonds. The molecule has 1 atom stereocenters. The van der Waals surface area contributed by atoms with Crippen LogP contribution in [0.2, 0.25) is 0 Å². The molecule has 3 rings (SSSR count). The van der Waals surface area contributed by atoms with Gasteiger partial charge in [0.1, 0.15) is 0 Å². The van der Waals surface area contributed by atoms with Gasteiger partial charge in [0.2, 0.25) is 0 Å². The fraction of sp³-hybridized carbons (Fsp3) is 0.471. The van der Waals surface area contributed by atoms with E-state index in [0.717, 1.165) is 11.8 Å². The van der Waals surface area contributed by atoms with E-state index in [9.17, 15) is 8.78 Å². The van der Waals surface area contributed by atoms with Gasteiger partial charge in [0.15, 0.2) is 0 Å². The van der Waals surface area contributed by atoms with E-state index in [4.69, 9.17) is 0 Å². The first-order valence-corrected chi connectivity index (χ1v) is 13.2. The van der Waals surface area contributed by atoms with Gasteiger partial charge in [-0.3, -0.25) is 8.78 Å². The summed E-state index contributed by atoms with van der Waals surface area (Å²) in [6.07, 6.45) is 1.20. The smallest absolute Gasteiger partial charge is 0.0785 e. The first-order valence-electron chi connectivity index (χ1n) is 13.2. The zero-order valence-corrected chi connectivity index (χ0v) is 24.9. The largest absolute Gasteiger partial charge is 0.255 e. The van der Waals surface area contributed by atoms with Crippen molar-refractivity contribution in [1.29, 1.82) is 0 Å². The molecule has 0 spiro atoms. The van der Waals surface area contributed by atoms with E-state index < -0.39 is 0 Å². The minimum Gasteiger partial charge on any atom is -0.255 e. The van der Waals surface area contributed by atoms with Crippen LogP contribution in [0.5, 0.6) is 0 Å². The molecule has 0 fully saturated rings. The van der Waals surface area contributed by atoms with Crippen LogP contribution in [0.1, 0.15) is 90.8 Å². The lowest BCUT2D eigenvalue weighted by atomic mass is 9.91. The van der Waals surface area contributed by atoms with Crippen molar-refractivity contribution in [2.75, 3.05) is 14.4 Å². The van der Waals surface area contributed by atoms with Crippen molar-refractivity contribution < 1.29 is 8.78 Å². The van der Waals surface area contributed by atoms with Crippen LogP contribution in [0.15, 0.2) is 91.0 Å². The van der Waals surface area contributed by atoms with E-state index in [2.05, 4.69) is 133 Å². The molecule has 0 heterocycles. The van der Waals surface area contributed by atoms with Crippen LogP contribution in [0.4, 0.5) is 8.78 Å². The van der Waals surface area contributed by atoms with Gasteiger partial charge >= 0.3 is 0 Å². The van der Waals surface area contributed by atoms with E-state index >= 15 is 0 Å². The Bertz CT molecular complexity index is 766. The van der Waals surface area contributed by atoms with E-state index in [-0.39, 0.29) is 0 Å². The third-order valence-electron chi connectivity index (χ3n) is 5.28. The molecule has 0 bridgehead atoms. The zero-order valence-electron chi connectivity index (χ0n) is 24.9. The minimum absolute atomic E-state index is 0.500. The molecular weight excluding hydrogens is 446 g/mol. The molecule has 0 aromatic heterocycles. The Morgan fingerprint density at radius 2 is 0.833 bits per heavy atom. The average Bonchev–Trinajstić information content (AvgIpc) is 2.93. The lowest BCUT2D eigenvalue weighted by Crippen LogP contribution is -2.00. The first-order chi connectivity index (χ1) is 17.3. The fourth-order valence-electron chi connectivity index (χ4n) is 3.06. The summed E-state index contributed by atoms with van der Waals surface area (Å²) in [6, 6.07) is 31.8. The topological polar surface area (TPSA) is 0 Å². The third kappa shape index (κ3) is 20.9. The van der Waals surface area contributed by atoms with E-state index in [1.54, 1.807) is 0 Å². The molecule has 0 N–H and O–H groups in total. The van der Waals surface area contributed by atoms with Gasteiger partial charge in [-0.15, -0.1) is 0 Å². The van der Waals surface area contributed by atoms with Crippen molar-refractivity contribution in [1.82, 2.24) is 0 Å². The highest BCUT2D eigenvalue weighted by Gasteiger charge is 2.07. The van der Waals surface area contributed by atoms with Gasteiger partial charge in [-0.25, -0.2) is 0 Å². The van der Waals surface area contributed by atoms with Crippen LogP contribution >= 0.6 is 0 Å². The van der Waals surface area contributed by atoms with E-state index in [1.165, 1.54) is 23.1 Å². The summed E-state index contributed by atoms with van der Waals surface area (Å²) in [7, 11) is 1.00. The van der Waals surface area contributed by atoms with Crippen LogP contribution in [0.25, 0.3) is 0 Å². The Labute approximate surface area is 223 Å². The van der Waals surface area contributed by atoms with E-state index in [1.807, 2.05) is 19.9 Å². The van der Waals surface area contributed by atoms with Gasteiger partial charge < -0.3 is 0 Å². The third-order valence-corrected chi connectivity index (χ3v) is 5.28. The van der Waals surface area contributed by atoms with Crippen LogP contribution in [0, 0.1) is 11.8 Å². The van der Waals surface area contributed by atoms with Crippen LogP contribution in [-0.2, 0) is 6.42 Å².